The highest BCUT2D eigenvalue weighted by Gasteiger charge is 2.41. The van der Waals surface area contributed by atoms with E-state index in [1.54, 1.807) is 0 Å². The first-order valence-corrected chi connectivity index (χ1v) is 8.71. The van der Waals surface area contributed by atoms with Crippen LogP contribution in [-0.4, -0.2) is 20.6 Å². The molecule has 1 aliphatic rings. The third-order valence-electron chi connectivity index (χ3n) is 5.33. The molecule has 1 aliphatic carbocycles. The normalized spacial score (nSPS) is 18.2. The molecule has 3 rings (SSSR count). The molecule has 1 fully saturated rings. The first-order chi connectivity index (χ1) is 10.5. The van der Waals surface area contributed by atoms with Gasteiger partial charge < -0.3 is 5.32 Å². The maximum Gasteiger partial charge on any atom is 0.241 e. The van der Waals surface area contributed by atoms with E-state index in [9.17, 15) is 0 Å². The maximum absolute atomic E-state index is 6.55. The van der Waals surface area contributed by atoms with Crippen LogP contribution in [-0.2, 0) is 5.41 Å². The molecule has 120 valence electrons. The summed E-state index contributed by atoms with van der Waals surface area (Å²) in [7, 11) is 0. The van der Waals surface area contributed by atoms with Gasteiger partial charge in [-0.05, 0) is 45.1 Å². The van der Waals surface area contributed by atoms with Crippen LogP contribution in [0, 0.1) is 6.92 Å². The molecule has 0 aliphatic heterocycles. The van der Waals surface area contributed by atoms with E-state index in [4.69, 9.17) is 16.7 Å². The Hall–Kier alpha value is -1.29. The minimum atomic E-state index is 0.238. The first-order valence-electron chi connectivity index (χ1n) is 8.33. The van der Waals surface area contributed by atoms with Crippen molar-refractivity contribution in [3.05, 3.63) is 22.5 Å². The van der Waals surface area contributed by atoms with Crippen molar-refractivity contribution in [2.24, 2.45) is 0 Å². The quantitative estimate of drug-likeness (QED) is 0.865. The average molecular weight is 321 g/mol. The predicted octanol–water partition coefficient (Wildman–Crippen LogP) is 4.73. The van der Waals surface area contributed by atoms with E-state index in [0.29, 0.717) is 12.0 Å². The fourth-order valence-corrected chi connectivity index (χ4v) is 3.72. The van der Waals surface area contributed by atoms with Crippen molar-refractivity contribution in [1.29, 1.82) is 0 Å². The number of anilines is 1. The Morgan fingerprint density at radius 3 is 2.68 bits per heavy atom. The summed E-state index contributed by atoms with van der Waals surface area (Å²) in [5, 5.41) is 8.91. The minimum absolute atomic E-state index is 0.238. The fourth-order valence-electron chi connectivity index (χ4n) is 3.50. The fraction of sp³-hybridized carbons (Fsp3) is 0.647. The van der Waals surface area contributed by atoms with Gasteiger partial charge >= 0.3 is 0 Å². The van der Waals surface area contributed by atoms with Gasteiger partial charge in [0.15, 0.2) is 0 Å². The van der Waals surface area contributed by atoms with Crippen LogP contribution >= 0.6 is 11.6 Å². The second-order valence-corrected chi connectivity index (χ2v) is 6.99. The van der Waals surface area contributed by atoms with Crippen LogP contribution in [0.15, 0.2) is 6.20 Å². The minimum Gasteiger partial charge on any atom is -0.351 e. The van der Waals surface area contributed by atoms with Gasteiger partial charge in [-0.1, -0.05) is 31.9 Å². The summed E-state index contributed by atoms with van der Waals surface area (Å²) < 4.78 is 2.04. The number of aromatic nitrogens is 3. The second-order valence-electron chi connectivity index (χ2n) is 6.61. The monoisotopic (exact) mass is 320 g/mol. The summed E-state index contributed by atoms with van der Waals surface area (Å²) in [5.41, 5.74) is 3.61. The van der Waals surface area contributed by atoms with E-state index in [2.05, 4.69) is 38.0 Å². The lowest BCUT2D eigenvalue weighted by Gasteiger charge is -2.41. The number of rotatable bonds is 5. The van der Waals surface area contributed by atoms with Crippen molar-refractivity contribution >= 4 is 23.1 Å². The molecule has 5 heteroatoms. The van der Waals surface area contributed by atoms with Gasteiger partial charge in [-0.25, -0.2) is 9.50 Å². The van der Waals surface area contributed by atoms with Crippen molar-refractivity contribution in [3.8, 4) is 0 Å². The topological polar surface area (TPSA) is 42.2 Å². The lowest BCUT2D eigenvalue weighted by Crippen LogP contribution is -2.35. The summed E-state index contributed by atoms with van der Waals surface area (Å²) in [4.78, 5) is 4.43. The van der Waals surface area contributed by atoms with Crippen molar-refractivity contribution in [2.75, 3.05) is 5.32 Å². The van der Waals surface area contributed by atoms with Gasteiger partial charge in [0, 0.05) is 11.5 Å². The van der Waals surface area contributed by atoms with Crippen molar-refractivity contribution in [2.45, 2.75) is 71.3 Å². The van der Waals surface area contributed by atoms with E-state index in [0.717, 1.165) is 23.4 Å². The Morgan fingerprint density at radius 2 is 2.14 bits per heavy atom. The molecule has 1 N–H and O–H groups in total. The van der Waals surface area contributed by atoms with Gasteiger partial charge in [-0.3, -0.25) is 0 Å². The molecule has 1 atom stereocenters. The second kappa shape index (κ2) is 5.73. The SMILES string of the molecule is CCC(C)Nc1ncc2c(Cl)c(C)c(C3(CC)CCC3)n2n1. The number of hydrogen-bond acceptors (Lipinski definition) is 3. The zero-order valence-electron chi connectivity index (χ0n) is 13.9. The van der Waals surface area contributed by atoms with Crippen LogP contribution < -0.4 is 5.32 Å². The third kappa shape index (κ3) is 2.28. The van der Waals surface area contributed by atoms with Gasteiger partial charge in [0.2, 0.25) is 5.95 Å². The van der Waals surface area contributed by atoms with Gasteiger partial charge in [0.1, 0.15) is 5.52 Å². The Kier molecular flexibility index (Phi) is 4.06. The molecule has 0 saturated heterocycles. The van der Waals surface area contributed by atoms with Gasteiger partial charge in [0.05, 0.1) is 16.9 Å². The molecule has 2 aromatic heterocycles. The van der Waals surface area contributed by atoms with Crippen LogP contribution in [0.5, 0.6) is 0 Å². The molecule has 0 radical (unpaired) electrons. The van der Waals surface area contributed by atoms with Crippen molar-refractivity contribution < 1.29 is 0 Å². The number of fused-ring (bicyclic) bond motifs is 1. The van der Waals surface area contributed by atoms with Gasteiger partial charge in [-0.15, -0.1) is 5.10 Å². The summed E-state index contributed by atoms with van der Waals surface area (Å²) in [6, 6.07) is 0.358. The predicted molar refractivity (Wildman–Crippen MR) is 91.9 cm³/mol. The van der Waals surface area contributed by atoms with E-state index < -0.39 is 0 Å². The maximum atomic E-state index is 6.55. The zero-order chi connectivity index (χ0) is 15.9. The lowest BCUT2D eigenvalue weighted by molar-refractivity contribution is 0.223. The van der Waals surface area contributed by atoms with E-state index in [1.807, 2.05) is 10.7 Å². The Balaban J connectivity index is 2.14. The molecule has 1 saturated carbocycles. The summed E-state index contributed by atoms with van der Waals surface area (Å²) >= 11 is 6.55. The van der Waals surface area contributed by atoms with E-state index in [1.165, 1.54) is 30.5 Å². The van der Waals surface area contributed by atoms with E-state index >= 15 is 0 Å². The van der Waals surface area contributed by atoms with Crippen LogP contribution in [0.25, 0.3) is 5.52 Å². The zero-order valence-corrected chi connectivity index (χ0v) is 14.7. The third-order valence-corrected chi connectivity index (χ3v) is 5.81. The highest BCUT2D eigenvalue weighted by Crippen LogP contribution is 2.49. The molecule has 4 nitrogen and oxygen atoms in total. The molecule has 0 aromatic carbocycles. The number of halogens is 1. The Morgan fingerprint density at radius 1 is 1.41 bits per heavy atom. The smallest absolute Gasteiger partial charge is 0.241 e. The molecule has 0 amide bonds. The molecular formula is C17H25ClN4. The molecule has 1 unspecified atom stereocenters. The van der Waals surface area contributed by atoms with Crippen LogP contribution in [0.2, 0.25) is 5.02 Å². The molecule has 0 bridgehead atoms. The Labute approximate surface area is 137 Å². The van der Waals surface area contributed by atoms with Crippen LogP contribution in [0.4, 0.5) is 5.95 Å². The standard InChI is InChI=1S/C17H25ClN4/c1-5-11(3)20-16-19-10-13-14(18)12(4)15(22(13)21-16)17(6-2)8-7-9-17/h10-11H,5-9H2,1-4H3,(H,20,21). The summed E-state index contributed by atoms with van der Waals surface area (Å²) in [5.74, 6) is 0.681. The average Bonchev–Trinajstić information content (AvgIpc) is 2.72. The summed E-state index contributed by atoms with van der Waals surface area (Å²) in [6.07, 6.45) is 7.77. The Bertz CT molecular complexity index is 682. The van der Waals surface area contributed by atoms with Gasteiger partial charge in [0.25, 0.3) is 0 Å². The largest absolute Gasteiger partial charge is 0.351 e. The molecule has 0 spiro atoms. The number of hydrogen-bond donors (Lipinski definition) is 1. The van der Waals surface area contributed by atoms with Crippen LogP contribution in [0.1, 0.15) is 64.1 Å². The number of nitrogens with zero attached hydrogens (tertiary/aromatic N) is 3. The van der Waals surface area contributed by atoms with E-state index in [-0.39, 0.29) is 5.41 Å². The highest BCUT2D eigenvalue weighted by atomic mass is 35.5. The summed E-state index contributed by atoms with van der Waals surface area (Å²) in [6.45, 7) is 8.68. The lowest BCUT2D eigenvalue weighted by atomic mass is 9.64. The first kappa shape index (κ1) is 15.6. The molecule has 22 heavy (non-hydrogen) atoms. The van der Waals surface area contributed by atoms with Crippen molar-refractivity contribution in [3.63, 3.8) is 0 Å². The van der Waals surface area contributed by atoms with Crippen molar-refractivity contribution in [1.82, 2.24) is 14.6 Å². The molecule has 2 aromatic rings. The molecule has 2 heterocycles. The van der Waals surface area contributed by atoms with Crippen LogP contribution in [0.3, 0.4) is 0 Å². The van der Waals surface area contributed by atoms with Gasteiger partial charge in [-0.2, -0.15) is 0 Å². The highest BCUT2D eigenvalue weighted by molar-refractivity contribution is 6.34. The number of nitrogens with one attached hydrogen (secondary N) is 1. The molecular weight excluding hydrogens is 296 g/mol.